The Kier molecular flexibility index (Phi) is 4.31. The van der Waals surface area contributed by atoms with Crippen LogP contribution in [0.2, 0.25) is 0 Å². The van der Waals surface area contributed by atoms with Gasteiger partial charge in [0.1, 0.15) is 0 Å². The average Bonchev–Trinajstić information content (AvgIpc) is 2.79. The molecule has 86 valence electrons. The largest absolute Gasteiger partial charge is 0.328 e. The summed E-state index contributed by atoms with van der Waals surface area (Å²) in [6.07, 6.45) is 6.66. The first kappa shape index (κ1) is 11.6. The minimum atomic E-state index is 0.536. The van der Waals surface area contributed by atoms with Gasteiger partial charge in [-0.05, 0) is 25.0 Å². The van der Waals surface area contributed by atoms with Gasteiger partial charge >= 0.3 is 0 Å². The molecule has 2 N–H and O–H groups in total. The number of fused-ring (bicyclic) bond motifs is 1. The Morgan fingerprint density at radius 1 is 1.12 bits per heavy atom. The van der Waals surface area contributed by atoms with Crippen LogP contribution in [-0.4, -0.2) is 11.0 Å². The summed E-state index contributed by atoms with van der Waals surface area (Å²) >= 11 is 1.68. The number of rotatable bonds is 0. The van der Waals surface area contributed by atoms with Gasteiger partial charge in [-0.15, -0.1) is 11.3 Å². The molecule has 16 heavy (non-hydrogen) atoms. The van der Waals surface area contributed by atoms with E-state index in [4.69, 9.17) is 5.73 Å². The van der Waals surface area contributed by atoms with Crippen molar-refractivity contribution < 1.29 is 0 Å². The van der Waals surface area contributed by atoms with E-state index >= 15 is 0 Å². The van der Waals surface area contributed by atoms with Gasteiger partial charge in [-0.25, -0.2) is 4.98 Å². The van der Waals surface area contributed by atoms with Crippen LogP contribution in [-0.2, 0) is 0 Å². The van der Waals surface area contributed by atoms with Crippen molar-refractivity contribution in [3.05, 3.63) is 29.8 Å². The number of benzene rings is 1. The van der Waals surface area contributed by atoms with E-state index in [2.05, 4.69) is 11.1 Å². The first-order chi connectivity index (χ1) is 7.86. The van der Waals surface area contributed by atoms with Gasteiger partial charge in [0.05, 0.1) is 15.7 Å². The Morgan fingerprint density at radius 3 is 2.50 bits per heavy atom. The molecule has 0 spiro atoms. The van der Waals surface area contributed by atoms with Crippen molar-refractivity contribution in [3.8, 4) is 0 Å². The number of aromatic nitrogens is 1. The highest BCUT2D eigenvalue weighted by molar-refractivity contribution is 7.16. The Bertz CT molecular complexity index is 388. The summed E-state index contributed by atoms with van der Waals surface area (Å²) < 4.78 is 1.26. The summed E-state index contributed by atoms with van der Waals surface area (Å²) in [6.45, 7) is 0. The lowest BCUT2D eigenvalue weighted by Crippen LogP contribution is -2.22. The zero-order valence-corrected chi connectivity index (χ0v) is 10.2. The molecule has 0 saturated heterocycles. The maximum absolute atomic E-state index is 5.63. The number of hydrogen-bond acceptors (Lipinski definition) is 3. The van der Waals surface area contributed by atoms with Crippen LogP contribution in [0.1, 0.15) is 32.1 Å². The summed E-state index contributed by atoms with van der Waals surface area (Å²) in [4.78, 5) is 4.14. The van der Waals surface area contributed by atoms with Gasteiger partial charge in [0.25, 0.3) is 0 Å². The molecule has 1 aromatic carbocycles. The summed E-state index contributed by atoms with van der Waals surface area (Å²) in [5.41, 5.74) is 8.60. The molecular weight excluding hydrogens is 216 g/mol. The van der Waals surface area contributed by atoms with Gasteiger partial charge in [-0.3, -0.25) is 0 Å². The van der Waals surface area contributed by atoms with E-state index in [1.165, 1.54) is 36.8 Å². The Labute approximate surface area is 101 Å². The summed E-state index contributed by atoms with van der Waals surface area (Å²) in [5.74, 6) is 0. The number of hydrogen-bond donors (Lipinski definition) is 1. The predicted molar refractivity (Wildman–Crippen MR) is 70.7 cm³/mol. The van der Waals surface area contributed by atoms with Gasteiger partial charge in [0.15, 0.2) is 0 Å². The smallest absolute Gasteiger partial charge is 0.0812 e. The average molecular weight is 234 g/mol. The van der Waals surface area contributed by atoms with E-state index in [-0.39, 0.29) is 0 Å². The lowest BCUT2D eigenvalue weighted by Gasteiger charge is -2.15. The van der Waals surface area contributed by atoms with Crippen LogP contribution in [0.4, 0.5) is 0 Å². The second-order valence-electron chi connectivity index (χ2n) is 4.22. The molecule has 0 amide bonds. The standard InChI is InChI=1S/C7H5NS.C6H13N/c1-2-4-7-6(3-1)8-5-9-7;7-6-4-2-1-3-5-6/h1-5H;6H,1-5,7H2. The first-order valence-corrected chi connectivity index (χ1v) is 6.78. The normalized spacial score (nSPS) is 16.8. The third kappa shape index (κ3) is 3.29. The highest BCUT2D eigenvalue weighted by Crippen LogP contribution is 2.15. The van der Waals surface area contributed by atoms with Crippen molar-refractivity contribution in [2.45, 2.75) is 38.1 Å². The van der Waals surface area contributed by atoms with E-state index in [0.717, 1.165) is 5.52 Å². The molecule has 0 aliphatic heterocycles. The lowest BCUT2D eigenvalue weighted by molar-refractivity contribution is 0.441. The highest BCUT2D eigenvalue weighted by atomic mass is 32.1. The molecule has 1 aliphatic rings. The zero-order chi connectivity index (χ0) is 11.2. The van der Waals surface area contributed by atoms with Crippen molar-refractivity contribution in [1.29, 1.82) is 0 Å². The third-order valence-corrected chi connectivity index (χ3v) is 3.70. The van der Waals surface area contributed by atoms with Crippen LogP contribution in [0.5, 0.6) is 0 Å². The molecule has 1 aromatic heterocycles. The van der Waals surface area contributed by atoms with E-state index in [1.54, 1.807) is 11.3 Å². The van der Waals surface area contributed by atoms with Crippen LogP contribution in [0.25, 0.3) is 10.2 Å². The van der Waals surface area contributed by atoms with Crippen LogP contribution < -0.4 is 5.73 Å². The summed E-state index contributed by atoms with van der Waals surface area (Å²) in [7, 11) is 0. The van der Waals surface area contributed by atoms with Crippen LogP contribution in [0.15, 0.2) is 29.8 Å². The second kappa shape index (κ2) is 5.97. The van der Waals surface area contributed by atoms with Crippen molar-refractivity contribution in [2.75, 3.05) is 0 Å². The van der Waals surface area contributed by atoms with Gasteiger partial charge in [-0.2, -0.15) is 0 Å². The Hall–Kier alpha value is -0.930. The Morgan fingerprint density at radius 2 is 1.88 bits per heavy atom. The maximum Gasteiger partial charge on any atom is 0.0812 e. The fraction of sp³-hybridized carbons (Fsp3) is 0.462. The molecular formula is C13H18N2S. The number of para-hydroxylation sites is 1. The summed E-state index contributed by atoms with van der Waals surface area (Å²) in [5, 5.41) is 0. The number of thiazole rings is 1. The number of nitrogens with zero attached hydrogens (tertiary/aromatic N) is 1. The van der Waals surface area contributed by atoms with Crippen LogP contribution in [0, 0.1) is 0 Å². The van der Waals surface area contributed by atoms with Gasteiger partial charge in [-0.1, -0.05) is 31.4 Å². The molecule has 0 radical (unpaired) electrons. The Balaban J connectivity index is 0.000000125. The molecule has 0 bridgehead atoms. The molecule has 0 unspecified atom stereocenters. The fourth-order valence-corrected chi connectivity index (χ4v) is 2.62. The minimum absolute atomic E-state index is 0.536. The van der Waals surface area contributed by atoms with E-state index in [9.17, 15) is 0 Å². The zero-order valence-electron chi connectivity index (χ0n) is 9.43. The highest BCUT2D eigenvalue weighted by Gasteiger charge is 2.06. The maximum atomic E-state index is 5.63. The predicted octanol–water partition coefficient (Wildman–Crippen LogP) is 3.57. The second-order valence-corrected chi connectivity index (χ2v) is 5.10. The summed E-state index contributed by atoms with van der Waals surface area (Å²) in [6, 6.07) is 8.66. The molecule has 2 nitrogen and oxygen atoms in total. The molecule has 1 aliphatic carbocycles. The van der Waals surface area contributed by atoms with Crippen LogP contribution in [0.3, 0.4) is 0 Å². The van der Waals surface area contributed by atoms with Crippen molar-refractivity contribution >= 4 is 21.6 Å². The lowest BCUT2D eigenvalue weighted by atomic mass is 9.97. The van der Waals surface area contributed by atoms with E-state index < -0.39 is 0 Å². The topological polar surface area (TPSA) is 38.9 Å². The quantitative estimate of drug-likeness (QED) is 0.756. The van der Waals surface area contributed by atoms with Crippen molar-refractivity contribution in [2.24, 2.45) is 5.73 Å². The van der Waals surface area contributed by atoms with Gasteiger partial charge in [0.2, 0.25) is 0 Å². The molecule has 1 fully saturated rings. The molecule has 3 rings (SSSR count). The van der Waals surface area contributed by atoms with Gasteiger partial charge < -0.3 is 5.73 Å². The minimum Gasteiger partial charge on any atom is -0.328 e. The number of nitrogens with two attached hydrogens (primary N) is 1. The molecule has 2 aromatic rings. The van der Waals surface area contributed by atoms with E-state index in [1.807, 2.05) is 23.7 Å². The first-order valence-electron chi connectivity index (χ1n) is 5.90. The third-order valence-electron chi connectivity index (χ3n) is 2.89. The van der Waals surface area contributed by atoms with Crippen LogP contribution >= 0.6 is 11.3 Å². The SMILES string of the molecule is NC1CCCCC1.c1ccc2scnc2c1. The molecule has 1 heterocycles. The molecule has 1 saturated carbocycles. The monoisotopic (exact) mass is 234 g/mol. The fourth-order valence-electron chi connectivity index (χ4n) is 1.94. The van der Waals surface area contributed by atoms with Crippen molar-refractivity contribution in [3.63, 3.8) is 0 Å². The van der Waals surface area contributed by atoms with Crippen molar-refractivity contribution in [1.82, 2.24) is 4.98 Å². The van der Waals surface area contributed by atoms with Gasteiger partial charge in [0, 0.05) is 6.04 Å². The molecule has 3 heteroatoms. The van der Waals surface area contributed by atoms with E-state index in [0.29, 0.717) is 6.04 Å². The molecule has 0 atom stereocenters.